The van der Waals surface area contributed by atoms with Gasteiger partial charge in [0, 0.05) is 47.7 Å². The number of aryl methyl sites for hydroxylation is 1. The van der Waals surface area contributed by atoms with Crippen LogP contribution in [0.4, 0.5) is 4.39 Å². The Balaban J connectivity index is 1.29. The monoisotopic (exact) mass is 497 g/mol. The van der Waals surface area contributed by atoms with Gasteiger partial charge in [-0.3, -0.25) is 19.6 Å². The van der Waals surface area contributed by atoms with Crippen LogP contribution >= 0.6 is 11.3 Å². The molecular weight excluding hydrogens is 469 g/mol. The van der Waals surface area contributed by atoms with Gasteiger partial charge in [-0.2, -0.15) is 0 Å². The summed E-state index contributed by atoms with van der Waals surface area (Å²) >= 11 is 1.48. The molecule has 0 aliphatic carbocycles. The fourth-order valence-corrected chi connectivity index (χ4v) is 4.63. The van der Waals surface area contributed by atoms with E-state index in [9.17, 15) is 14.0 Å². The number of likely N-dealkylation sites (tertiary alicyclic amines) is 1. The Bertz CT molecular complexity index is 1140. The molecule has 0 radical (unpaired) electrons. The van der Waals surface area contributed by atoms with Gasteiger partial charge in [-0.1, -0.05) is 0 Å². The molecule has 0 aromatic carbocycles. The second-order valence-corrected chi connectivity index (χ2v) is 9.33. The number of piperidine rings is 1. The van der Waals surface area contributed by atoms with Crippen LogP contribution in [0.15, 0.2) is 42.0 Å². The third-order valence-corrected chi connectivity index (χ3v) is 6.67. The van der Waals surface area contributed by atoms with E-state index in [0.29, 0.717) is 19.6 Å². The molecule has 1 atom stereocenters. The van der Waals surface area contributed by atoms with Gasteiger partial charge in [0.15, 0.2) is 0 Å². The van der Waals surface area contributed by atoms with Crippen molar-refractivity contribution in [3.05, 3.63) is 52.7 Å². The SMILES string of the molecule is Cc1ccc(-c2ccc(-c3csc(CNC(=O)[C@H]4CCCN(C(=O)COCCF)C4)n3)cn2)cn1. The lowest BCUT2D eigenvalue weighted by Crippen LogP contribution is -2.46. The molecule has 3 aromatic heterocycles. The summed E-state index contributed by atoms with van der Waals surface area (Å²) in [6.45, 7) is 2.34. The van der Waals surface area contributed by atoms with Crippen molar-refractivity contribution in [2.24, 2.45) is 5.92 Å². The van der Waals surface area contributed by atoms with Crippen molar-refractivity contribution in [1.82, 2.24) is 25.2 Å². The minimum absolute atomic E-state index is 0.0935. The highest BCUT2D eigenvalue weighted by molar-refractivity contribution is 7.09. The minimum atomic E-state index is -0.621. The van der Waals surface area contributed by atoms with Crippen LogP contribution in [0.3, 0.4) is 0 Å². The zero-order valence-electron chi connectivity index (χ0n) is 19.6. The molecule has 4 rings (SSSR count). The van der Waals surface area contributed by atoms with E-state index >= 15 is 0 Å². The van der Waals surface area contributed by atoms with Crippen molar-refractivity contribution in [2.75, 3.05) is 33.0 Å². The maximum Gasteiger partial charge on any atom is 0.248 e. The van der Waals surface area contributed by atoms with Crippen LogP contribution in [0.5, 0.6) is 0 Å². The number of ether oxygens (including phenoxy) is 1. The van der Waals surface area contributed by atoms with Gasteiger partial charge >= 0.3 is 0 Å². The highest BCUT2D eigenvalue weighted by atomic mass is 32.1. The highest BCUT2D eigenvalue weighted by Gasteiger charge is 2.28. The molecule has 1 fully saturated rings. The average Bonchev–Trinajstić information content (AvgIpc) is 3.37. The summed E-state index contributed by atoms with van der Waals surface area (Å²) in [7, 11) is 0. The molecule has 2 amide bonds. The maximum atomic E-state index is 12.7. The fourth-order valence-electron chi connectivity index (χ4n) is 3.89. The van der Waals surface area contributed by atoms with Crippen LogP contribution in [-0.2, 0) is 20.9 Å². The molecular formula is C25H28FN5O3S. The van der Waals surface area contributed by atoms with Gasteiger partial charge in [-0.05, 0) is 44.0 Å². The minimum Gasteiger partial charge on any atom is -0.369 e. The number of nitrogens with one attached hydrogen (secondary N) is 1. The van der Waals surface area contributed by atoms with E-state index in [1.807, 2.05) is 42.8 Å². The van der Waals surface area contributed by atoms with Gasteiger partial charge in [-0.25, -0.2) is 9.37 Å². The fraction of sp³-hybridized carbons (Fsp3) is 0.400. The normalized spacial score (nSPS) is 15.7. The van der Waals surface area contributed by atoms with Crippen LogP contribution < -0.4 is 5.32 Å². The van der Waals surface area contributed by atoms with Crippen LogP contribution in [0.1, 0.15) is 23.5 Å². The molecule has 1 aliphatic rings. The summed E-state index contributed by atoms with van der Waals surface area (Å²) in [6.07, 6.45) is 5.06. The molecule has 3 aromatic rings. The Kier molecular flexibility index (Phi) is 8.49. The van der Waals surface area contributed by atoms with Crippen LogP contribution in [0, 0.1) is 12.8 Å². The summed E-state index contributed by atoms with van der Waals surface area (Å²) < 4.78 is 17.1. The Morgan fingerprint density at radius 3 is 2.71 bits per heavy atom. The van der Waals surface area contributed by atoms with E-state index < -0.39 is 6.67 Å². The molecule has 8 nitrogen and oxygen atoms in total. The molecule has 1 saturated heterocycles. The summed E-state index contributed by atoms with van der Waals surface area (Å²) in [4.78, 5) is 40.0. The van der Waals surface area contributed by atoms with Gasteiger partial charge < -0.3 is 15.0 Å². The lowest BCUT2D eigenvalue weighted by molar-refractivity contribution is -0.139. The van der Waals surface area contributed by atoms with Gasteiger partial charge in [0.25, 0.3) is 0 Å². The van der Waals surface area contributed by atoms with E-state index in [2.05, 4.69) is 20.3 Å². The second kappa shape index (κ2) is 11.9. The zero-order chi connectivity index (χ0) is 24.6. The molecule has 0 saturated carbocycles. The van der Waals surface area contributed by atoms with E-state index in [-0.39, 0.29) is 30.9 Å². The van der Waals surface area contributed by atoms with Gasteiger partial charge in [0.05, 0.1) is 30.5 Å². The Labute approximate surface area is 207 Å². The number of rotatable bonds is 9. The molecule has 184 valence electrons. The van der Waals surface area contributed by atoms with Crippen LogP contribution in [0.2, 0.25) is 0 Å². The first-order valence-electron chi connectivity index (χ1n) is 11.6. The molecule has 10 heteroatoms. The largest absolute Gasteiger partial charge is 0.369 e. The number of nitrogens with zero attached hydrogens (tertiary/aromatic N) is 4. The number of carbonyl (C=O) groups is 2. The van der Waals surface area contributed by atoms with E-state index in [1.165, 1.54) is 11.3 Å². The predicted octanol–water partition coefficient (Wildman–Crippen LogP) is 3.42. The first-order chi connectivity index (χ1) is 17.0. The topological polar surface area (TPSA) is 97.3 Å². The number of halogens is 1. The van der Waals surface area contributed by atoms with Crippen molar-refractivity contribution in [3.63, 3.8) is 0 Å². The lowest BCUT2D eigenvalue weighted by Gasteiger charge is -2.32. The Morgan fingerprint density at radius 1 is 1.17 bits per heavy atom. The number of thiazole rings is 1. The van der Waals surface area contributed by atoms with Crippen molar-refractivity contribution in [2.45, 2.75) is 26.3 Å². The van der Waals surface area contributed by atoms with Crippen molar-refractivity contribution in [3.8, 4) is 22.5 Å². The molecule has 1 aliphatic heterocycles. The number of amides is 2. The smallest absolute Gasteiger partial charge is 0.248 e. The molecule has 0 bridgehead atoms. The Morgan fingerprint density at radius 2 is 1.97 bits per heavy atom. The van der Waals surface area contributed by atoms with Crippen molar-refractivity contribution in [1.29, 1.82) is 0 Å². The number of hydrogen-bond acceptors (Lipinski definition) is 7. The third-order valence-electron chi connectivity index (χ3n) is 5.82. The average molecular weight is 498 g/mol. The third kappa shape index (κ3) is 6.67. The quantitative estimate of drug-likeness (QED) is 0.455. The van der Waals surface area contributed by atoms with Crippen LogP contribution in [0.25, 0.3) is 22.5 Å². The summed E-state index contributed by atoms with van der Waals surface area (Å²) in [5, 5.41) is 5.69. The first-order valence-corrected chi connectivity index (χ1v) is 12.4. The number of pyridine rings is 2. The number of aromatic nitrogens is 3. The maximum absolute atomic E-state index is 12.7. The van der Waals surface area contributed by atoms with Gasteiger partial charge in [-0.15, -0.1) is 11.3 Å². The number of carbonyl (C=O) groups excluding carboxylic acids is 2. The predicted molar refractivity (Wildman–Crippen MR) is 131 cm³/mol. The van der Waals surface area contributed by atoms with Crippen molar-refractivity contribution < 1.29 is 18.7 Å². The standard InChI is InChI=1S/C25H28FN5O3S/c1-17-4-5-18(11-27-17)21-7-6-19(12-28-21)22-16-35-23(30-22)13-29-25(33)20-3-2-9-31(14-20)24(32)15-34-10-8-26/h4-7,11-12,16,20H,2-3,8-10,13-15H2,1H3,(H,29,33)/t20-/m0/s1. The number of alkyl halides is 1. The zero-order valence-corrected chi connectivity index (χ0v) is 20.4. The van der Waals surface area contributed by atoms with Gasteiger partial charge in [0.2, 0.25) is 11.8 Å². The lowest BCUT2D eigenvalue weighted by atomic mass is 9.97. The molecule has 1 N–H and O–H groups in total. The Hall–Kier alpha value is -3.24. The van der Waals surface area contributed by atoms with E-state index in [1.54, 1.807) is 11.1 Å². The molecule has 0 unspecified atom stereocenters. The summed E-state index contributed by atoms with van der Waals surface area (Å²) in [5.74, 6) is -0.582. The number of hydrogen-bond donors (Lipinski definition) is 1. The second-order valence-electron chi connectivity index (χ2n) is 8.39. The summed E-state index contributed by atoms with van der Waals surface area (Å²) in [6, 6.07) is 7.87. The molecule has 0 spiro atoms. The van der Waals surface area contributed by atoms with Gasteiger partial charge in [0.1, 0.15) is 18.3 Å². The molecule has 4 heterocycles. The van der Waals surface area contributed by atoms with E-state index in [4.69, 9.17) is 4.74 Å². The molecule has 35 heavy (non-hydrogen) atoms. The van der Waals surface area contributed by atoms with Crippen molar-refractivity contribution >= 4 is 23.2 Å². The highest BCUT2D eigenvalue weighted by Crippen LogP contribution is 2.24. The summed E-state index contributed by atoms with van der Waals surface area (Å²) in [5.41, 5.74) is 4.47. The van der Waals surface area contributed by atoms with Crippen LogP contribution in [-0.4, -0.2) is 64.6 Å². The van der Waals surface area contributed by atoms with E-state index in [0.717, 1.165) is 46.1 Å². The first kappa shape index (κ1) is 24.9.